The number of carbonyl (C=O) groups is 1. The molecule has 2 rings (SSSR count). The first-order chi connectivity index (χ1) is 8.31. The molecule has 1 aromatic carbocycles. The Bertz CT molecular complexity index is 364. The fraction of sp³-hybridized carbons (Fsp3) is 0.500. The Labute approximate surface area is 102 Å². The van der Waals surface area contributed by atoms with Gasteiger partial charge in [-0.2, -0.15) is 0 Å². The van der Waals surface area contributed by atoms with E-state index in [1.54, 1.807) is 0 Å². The minimum absolute atomic E-state index is 0.172. The van der Waals surface area contributed by atoms with Crippen molar-refractivity contribution >= 4 is 5.91 Å². The lowest BCUT2D eigenvalue weighted by Gasteiger charge is -2.05. The third kappa shape index (κ3) is 3.48. The summed E-state index contributed by atoms with van der Waals surface area (Å²) in [5.74, 6) is 1.64. The fourth-order valence-corrected chi connectivity index (χ4v) is 1.85. The van der Waals surface area contributed by atoms with Crippen molar-refractivity contribution in [2.75, 3.05) is 13.2 Å². The van der Waals surface area contributed by atoms with Gasteiger partial charge in [0.15, 0.2) is 0 Å². The van der Waals surface area contributed by atoms with Gasteiger partial charge in [0, 0.05) is 18.4 Å². The van der Waals surface area contributed by atoms with E-state index in [4.69, 9.17) is 4.74 Å². The zero-order valence-corrected chi connectivity index (χ0v) is 10.2. The molecule has 1 aliphatic rings. The minimum atomic E-state index is 0.172. The van der Waals surface area contributed by atoms with Crippen molar-refractivity contribution in [1.82, 2.24) is 5.32 Å². The Kier molecular flexibility index (Phi) is 4.02. The van der Waals surface area contributed by atoms with Gasteiger partial charge in [-0.3, -0.25) is 4.79 Å². The molecule has 0 aliphatic heterocycles. The highest BCUT2D eigenvalue weighted by Crippen LogP contribution is 2.38. The Morgan fingerprint density at radius 1 is 1.41 bits per heavy atom. The van der Waals surface area contributed by atoms with E-state index in [2.05, 4.69) is 12.2 Å². The molecule has 0 spiro atoms. The van der Waals surface area contributed by atoms with Crippen molar-refractivity contribution in [3.05, 3.63) is 30.3 Å². The Morgan fingerprint density at radius 2 is 2.18 bits per heavy atom. The predicted octanol–water partition coefficient (Wildman–Crippen LogP) is 2.23. The Hall–Kier alpha value is -1.51. The van der Waals surface area contributed by atoms with E-state index in [0.29, 0.717) is 12.5 Å². The van der Waals surface area contributed by atoms with Crippen LogP contribution in [0.1, 0.15) is 19.8 Å². The van der Waals surface area contributed by atoms with Gasteiger partial charge in [0.2, 0.25) is 5.91 Å². The third-order valence-corrected chi connectivity index (χ3v) is 3.02. The second kappa shape index (κ2) is 5.71. The topological polar surface area (TPSA) is 38.3 Å². The molecule has 3 nitrogen and oxygen atoms in total. The van der Waals surface area contributed by atoms with E-state index in [0.717, 1.165) is 25.1 Å². The summed E-state index contributed by atoms with van der Waals surface area (Å²) in [6.45, 7) is 3.49. The number of hydrogen-bond acceptors (Lipinski definition) is 2. The summed E-state index contributed by atoms with van der Waals surface area (Å²) in [5.41, 5.74) is 0. The highest BCUT2D eigenvalue weighted by Gasteiger charge is 2.43. The van der Waals surface area contributed by atoms with Crippen LogP contribution in [0, 0.1) is 11.8 Å². The van der Waals surface area contributed by atoms with Crippen LogP contribution in [0.15, 0.2) is 30.3 Å². The van der Waals surface area contributed by atoms with Crippen LogP contribution in [-0.4, -0.2) is 19.1 Å². The summed E-state index contributed by atoms with van der Waals surface area (Å²) in [6.07, 6.45) is 1.95. The fourth-order valence-electron chi connectivity index (χ4n) is 1.85. The summed E-state index contributed by atoms with van der Waals surface area (Å²) in [5, 5.41) is 2.93. The number of hydrogen-bond donors (Lipinski definition) is 1. The SMILES string of the molecule is CCCNC(=O)[C@@H]1C[C@H]1COc1ccccc1. The quantitative estimate of drug-likeness (QED) is 0.818. The number of nitrogens with one attached hydrogen (secondary N) is 1. The van der Waals surface area contributed by atoms with Crippen LogP contribution < -0.4 is 10.1 Å². The molecule has 17 heavy (non-hydrogen) atoms. The van der Waals surface area contributed by atoms with Crippen LogP contribution in [0.5, 0.6) is 5.75 Å². The van der Waals surface area contributed by atoms with Crippen LogP contribution >= 0.6 is 0 Å². The zero-order valence-electron chi connectivity index (χ0n) is 10.2. The molecule has 0 aromatic heterocycles. The zero-order chi connectivity index (χ0) is 12.1. The largest absolute Gasteiger partial charge is 0.493 e. The number of benzene rings is 1. The summed E-state index contributed by atoms with van der Waals surface area (Å²) < 4.78 is 5.63. The van der Waals surface area contributed by atoms with Gasteiger partial charge < -0.3 is 10.1 Å². The Balaban J connectivity index is 1.68. The number of rotatable bonds is 6. The smallest absolute Gasteiger partial charge is 0.223 e. The summed E-state index contributed by atoms with van der Waals surface area (Å²) >= 11 is 0. The molecule has 1 amide bonds. The van der Waals surface area contributed by atoms with Crippen LogP contribution in [0.25, 0.3) is 0 Å². The van der Waals surface area contributed by atoms with Crippen LogP contribution in [0.2, 0.25) is 0 Å². The molecule has 0 bridgehead atoms. The highest BCUT2D eigenvalue weighted by atomic mass is 16.5. The van der Waals surface area contributed by atoms with Crippen molar-refractivity contribution in [2.24, 2.45) is 11.8 Å². The molecule has 1 aromatic rings. The molecule has 0 unspecified atom stereocenters. The van der Waals surface area contributed by atoms with Crippen LogP contribution in [0.3, 0.4) is 0 Å². The predicted molar refractivity (Wildman–Crippen MR) is 66.8 cm³/mol. The molecule has 0 heterocycles. The molecule has 0 saturated heterocycles. The van der Waals surface area contributed by atoms with E-state index >= 15 is 0 Å². The van der Waals surface area contributed by atoms with Crippen LogP contribution in [0.4, 0.5) is 0 Å². The van der Waals surface area contributed by atoms with E-state index in [9.17, 15) is 4.79 Å². The minimum Gasteiger partial charge on any atom is -0.493 e. The van der Waals surface area contributed by atoms with E-state index in [-0.39, 0.29) is 11.8 Å². The summed E-state index contributed by atoms with van der Waals surface area (Å²) in [6, 6.07) is 9.75. The molecular formula is C14H19NO2. The molecule has 1 N–H and O–H groups in total. The van der Waals surface area contributed by atoms with E-state index < -0.39 is 0 Å². The average molecular weight is 233 g/mol. The molecule has 2 atom stereocenters. The Morgan fingerprint density at radius 3 is 2.88 bits per heavy atom. The first kappa shape index (κ1) is 12.0. The number of amides is 1. The molecule has 3 heteroatoms. The molecule has 1 saturated carbocycles. The van der Waals surface area contributed by atoms with Gasteiger partial charge in [-0.25, -0.2) is 0 Å². The lowest BCUT2D eigenvalue weighted by atomic mass is 10.3. The first-order valence-corrected chi connectivity index (χ1v) is 6.27. The molecule has 1 aliphatic carbocycles. The third-order valence-electron chi connectivity index (χ3n) is 3.02. The van der Waals surface area contributed by atoms with Gasteiger partial charge in [0.1, 0.15) is 5.75 Å². The van der Waals surface area contributed by atoms with Gasteiger partial charge >= 0.3 is 0 Å². The maximum Gasteiger partial charge on any atom is 0.223 e. The monoisotopic (exact) mass is 233 g/mol. The van der Waals surface area contributed by atoms with Gasteiger partial charge in [-0.1, -0.05) is 25.1 Å². The van der Waals surface area contributed by atoms with Gasteiger partial charge in [-0.05, 0) is 25.0 Å². The number of para-hydroxylation sites is 1. The lowest BCUT2D eigenvalue weighted by Crippen LogP contribution is -2.26. The second-order valence-electron chi connectivity index (χ2n) is 4.52. The van der Waals surface area contributed by atoms with Gasteiger partial charge in [0.25, 0.3) is 0 Å². The molecule has 1 fully saturated rings. The maximum atomic E-state index is 11.6. The van der Waals surface area contributed by atoms with E-state index in [1.165, 1.54) is 0 Å². The van der Waals surface area contributed by atoms with Gasteiger partial charge in [0.05, 0.1) is 6.61 Å². The standard InChI is InChI=1S/C14H19NO2/c1-2-8-15-14(16)13-9-11(13)10-17-12-6-4-3-5-7-12/h3-7,11,13H,2,8-10H2,1H3,(H,15,16)/t11-,13+/m0/s1. The van der Waals surface area contributed by atoms with Gasteiger partial charge in [-0.15, -0.1) is 0 Å². The summed E-state index contributed by atoms with van der Waals surface area (Å²) in [4.78, 5) is 11.6. The van der Waals surface area contributed by atoms with E-state index in [1.807, 2.05) is 30.3 Å². The normalized spacial score (nSPS) is 21.9. The van der Waals surface area contributed by atoms with Crippen LogP contribution in [-0.2, 0) is 4.79 Å². The first-order valence-electron chi connectivity index (χ1n) is 6.27. The summed E-state index contributed by atoms with van der Waals surface area (Å²) in [7, 11) is 0. The maximum absolute atomic E-state index is 11.6. The van der Waals surface area contributed by atoms with Crippen molar-refractivity contribution < 1.29 is 9.53 Å². The van der Waals surface area contributed by atoms with Crippen molar-refractivity contribution in [1.29, 1.82) is 0 Å². The molecule has 0 radical (unpaired) electrons. The van der Waals surface area contributed by atoms with Crippen molar-refractivity contribution in [2.45, 2.75) is 19.8 Å². The lowest BCUT2D eigenvalue weighted by molar-refractivity contribution is -0.122. The highest BCUT2D eigenvalue weighted by molar-refractivity contribution is 5.81. The number of carbonyl (C=O) groups excluding carboxylic acids is 1. The number of ether oxygens (including phenoxy) is 1. The van der Waals surface area contributed by atoms with Crippen molar-refractivity contribution in [3.8, 4) is 5.75 Å². The molecular weight excluding hydrogens is 214 g/mol. The second-order valence-corrected chi connectivity index (χ2v) is 4.52. The average Bonchev–Trinajstić information content (AvgIpc) is 3.14. The van der Waals surface area contributed by atoms with Crippen molar-refractivity contribution in [3.63, 3.8) is 0 Å². The molecule has 92 valence electrons.